The fourth-order valence-electron chi connectivity index (χ4n) is 1.47. The van der Waals surface area contributed by atoms with Crippen LogP contribution in [-0.2, 0) is 0 Å². The smallest absolute Gasteiger partial charge is 0.147 e. The molecule has 0 radical (unpaired) electrons. The summed E-state index contributed by atoms with van der Waals surface area (Å²) in [4.78, 5) is 8.50. The average molecular weight is 235 g/mol. The van der Waals surface area contributed by atoms with E-state index in [9.17, 15) is 0 Å². The van der Waals surface area contributed by atoms with Crippen molar-refractivity contribution in [3.63, 3.8) is 0 Å². The fraction of sp³-hybridized carbons (Fsp3) is 0.500. The van der Waals surface area contributed by atoms with Crippen molar-refractivity contribution in [2.24, 2.45) is 5.41 Å². The molecule has 2 aromatic heterocycles. The van der Waals surface area contributed by atoms with Crippen molar-refractivity contribution in [2.45, 2.75) is 27.2 Å². The lowest BCUT2D eigenvalue weighted by atomic mass is 9.92. The van der Waals surface area contributed by atoms with Crippen LogP contribution in [0.2, 0.25) is 0 Å². The van der Waals surface area contributed by atoms with E-state index in [1.165, 1.54) is 0 Å². The highest BCUT2D eigenvalue weighted by Crippen LogP contribution is 2.25. The Hall–Kier alpha value is -1.16. The zero-order valence-corrected chi connectivity index (χ0v) is 10.8. The molecule has 16 heavy (non-hydrogen) atoms. The van der Waals surface area contributed by atoms with Gasteiger partial charge in [0.25, 0.3) is 0 Å². The lowest BCUT2D eigenvalue weighted by Gasteiger charge is -2.18. The number of aromatic nitrogens is 2. The summed E-state index contributed by atoms with van der Waals surface area (Å²) in [5, 5.41) is 5.44. The second-order valence-electron chi connectivity index (χ2n) is 5.09. The molecule has 0 unspecified atom stereocenters. The molecular weight excluding hydrogens is 218 g/mol. The number of nitrogens with zero attached hydrogens (tertiary/aromatic N) is 2. The molecule has 1 N–H and O–H groups in total. The molecule has 2 rings (SSSR count). The van der Waals surface area contributed by atoms with Gasteiger partial charge in [0.2, 0.25) is 0 Å². The molecule has 3 nitrogen and oxygen atoms in total. The highest BCUT2D eigenvalue weighted by Gasteiger charge is 2.10. The van der Waals surface area contributed by atoms with Gasteiger partial charge >= 0.3 is 0 Å². The number of rotatable bonds is 3. The normalized spacial score (nSPS) is 11.9. The number of hydrogen-bond donors (Lipinski definition) is 1. The number of hydrogen-bond acceptors (Lipinski definition) is 4. The van der Waals surface area contributed by atoms with Gasteiger partial charge in [0.1, 0.15) is 12.1 Å². The predicted molar refractivity (Wildman–Crippen MR) is 70.0 cm³/mol. The highest BCUT2D eigenvalue weighted by molar-refractivity contribution is 7.17. The van der Waals surface area contributed by atoms with Crippen molar-refractivity contribution in [1.82, 2.24) is 9.97 Å². The minimum absolute atomic E-state index is 0.356. The fourth-order valence-corrected chi connectivity index (χ4v) is 2.28. The van der Waals surface area contributed by atoms with Crippen molar-refractivity contribution in [2.75, 3.05) is 11.9 Å². The molecule has 4 heteroatoms. The van der Waals surface area contributed by atoms with Crippen LogP contribution < -0.4 is 5.32 Å². The van der Waals surface area contributed by atoms with E-state index in [2.05, 4.69) is 36.1 Å². The predicted octanol–water partition coefficient (Wildman–Crippen LogP) is 3.54. The summed E-state index contributed by atoms with van der Waals surface area (Å²) < 4.78 is 1.15. The largest absolute Gasteiger partial charge is 0.369 e. The SMILES string of the molecule is CC(C)(C)CCNc1ncnc2ccsc12. The Balaban J connectivity index is 2.07. The summed E-state index contributed by atoms with van der Waals surface area (Å²) in [5.74, 6) is 0.962. The van der Waals surface area contributed by atoms with Crippen molar-refractivity contribution >= 4 is 27.4 Å². The Bertz CT molecular complexity index is 470. The van der Waals surface area contributed by atoms with Crippen molar-refractivity contribution in [3.8, 4) is 0 Å². The van der Waals surface area contributed by atoms with Gasteiger partial charge < -0.3 is 5.32 Å². The zero-order chi connectivity index (χ0) is 11.6. The number of anilines is 1. The van der Waals surface area contributed by atoms with Crippen LogP contribution in [0.3, 0.4) is 0 Å². The minimum Gasteiger partial charge on any atom is -0.369 e. The summed E-state index contributed by atoms with van der Waals surface area (Å²) in [6.07, 6.45) is 2.75. The molecule has 86 valence electrons. The van der Waals surface area contributed by atoms with Crippen LogP contribution in [0.15, 0.2) is 17.8 Å². The van der Waals surface area contributed by atoms with E-state index in [1.54, 1.807) is 17.7 Å². The highest BCUT2D eigenvalue weighted by atomic mass is 32.1. The molecule has 0 amide bonds. The van der Waals surface area contributed by atoms with Crippen molar-refractivity contribution < 1.29 is 0 Å². The van der Waals surface area contributed by atoms with E-state index in [0.717, 1.165) is 29.0 Å². The molecule has 2 heterocycles. The Labute approximate surface area is 99.9 Å². The van der Waals surface area contributed by atoms with Gasteiger partial charge in [-0.2, -0.15) is 0 Å². The van der Waals surface area contributed by atoms with Gasteiger partial charge in [-0.15, -0.1) is 11.3 Å². The summed E-state index contributed by atoms with van der Waals surface area (Å²) in [6.45, 7) is 7.69. The van der Waals surface area contributed by atoms with Gasteiger partial charge in [-0.1, -0.05) is 20.8 Å². The number of fused-ring (bicyclic) bond motifs is 1. The van der Waals surface area contributed by atoms with Crippen LogP contribution in [0.25, 0.3) is 10.2 Å². The molecular formula is C12H17N3S. The summed E-state index contributed by atoms with van der Waals surface area (Å²) >= 11 is 1.68. The van der Waals surface area contributed by atoms with Crippen LogP contribution in [0.5, 0.6) is 0 Å². The first kappa shape index (κ1) is 11.3. The van der Waals surface area contributed by atoms with E-state index in [0.29, 0.717) is 5.41 Å². The minimum atomic E-state index is 0.356. The molecule has 0 fully saturated rings. The second-order valence-corrected chi connectivity index (χ2v) is 6.01. The van der Waals surface area contributed by atoms with Crippen LogP contribution in [-0.4, -0.2) is 16.5 Å². The first-order valence-corrected chi connectivity index (χ1v) is 6.36. The first-order valence-electron chi connectivity index (χ1n) is 5.48. The maximum absolute atomic E-state index is 4.29. The second kappa shape index (κ2) is 4.37. The van der Waals surface area contributed by atoms with Gasteiger partial charge in [-0.25, -0.2) is 9.97 Å². The number of thiophene rings is 1. The summed E-state index contributed by atoms with van der Waals surface area (Å²) in [6, 6.07) is 2.02. The standard InChI is InChI=1S/C12H17N3S/c1-12(2,3)5-6-13-11-10-9(4-7-16-10)14-8-15-11/h4,7-8H,5-6H2,1-3H3,(H,13,14,15). The lowest BCUT2D eigenvalue weighted by Crippen LogP contribution is -2.13. The van der Waals surface area contributed by atoms with E-state index in [-0.39, 0.29) is 0 Å². The maximum atomic E-state index is 4.29. The molecule has 0 bridgehead atoms. The third-order valence-electron chi connectivity index (χ3n) is 2.41. The van der Waals surface area contributed by atoms with Gasteiger partial charge in [-0.3, -0.25) is 0 Å². The molecule has 0 saturated heterocycles. The summed E-state index contributed by atoms with van der Waals surface area (Å²) in [7, 11) is 0. The van der Waals surface area contributed by atoms with E-state index in [1.807, 2.05) is 11.4 Å². The quantitative estimate of drug-likeness (QED) is 0.884. The molecule has 0 atom stereocenters. The maximum Gasteiger partial charge on any atom is 0.147 e. The van der Waals surface area contributed by atoms with Gasteiger partial charge in [-0.05, 0) is 23.3 Å². The molecule has 0 aromatic carbocycles. The third kappa shape index (κ3) is 2.70. The van der Waals surface area contributed by atoms with Crippen molar-refractivity contribution in [3.05, 3.63) is 17.8 Å². The Kier molecular flexibility index (Phi) is 3.10. The Morgan fingerprint density at radius 1 is 1.31 bits per heavy atom. The molecule has 0 aliphatic rings. The molecule has 2 aromatic rings. The van der Waals surface area contributed by atoms with Crippen LogP contribution in [0.1, 0.15) is 27.2 Å². The molecule has 0 saturated carbocycles. The topological polar surface area (TPSA) is 37.8 Å². The van der Waals surface area contributed by atoms with Gasteiger partial charge in [0.15, 0.2) is 0 Å². The Morgan fingerprint density at radius 2 is 2.12 bits per heavy atom. The zero-order valence-electron chi connectivity index (χ0n) is 9.95. The molecule has 0 aliphatic carbocycles. The molecule has 0 aliphatic heterocycles. The Morgan fingerprint density at radius 3 is 2.88 bits per heavy atom. The van der Waals surface area contributed by atoms with Gasteiger partial charge in [0.05, 0.1) is 10.2 Å². The lowest BCUT2D eigenvalue weighted by molar-refractivity contribution is 0.389. The third-order valence-corrected chi connectivity index (χ3v) is 3.32. The van der Waals surface area contributed by atoms with Crippen LogP contribution in [0.4, 0.5) is 5.82 Å². The summed E-state index contributed by atoms with van der Waals surface area (Å²) in [5.41, 5.74) is 1.38. The van der Waals surface area contributed by atoms with Crippen molar-refractivity contribution in [1.29, 1.82) is 0 Å². The monoisotopic (exact) mass is 235 g/mol. The van der Waals surface area contributed by atoms with E-state index < -0.39 is 0 Å². The number of nitrogens with one attached hydrogen (secondary N) is 1. The molecule has 0 spiro atoms. The van der Waals surface area contributed by atoms with Crippen LogP contribution >= 0.6 is 11.3 Å². The average Bonchev–Trinajstić information content (AvgIpc) is 2.64. The van der Waals surface area contributed by atoms with E-state index in [4.69, 9.17) is 0 Å². The van der Waals surface area contributed by atoms with Gasteiger partial charge in [0, 0.05) is 6.54 Å². The van der Waals surface area contributed by atoms with E-state index >= 15 is 0 Å². The first-order chi connectivity index (χ1) is 7.56. The van der Waals surface area contributed by atoms with Crippen LogP contribution in [0, 0.1) is 5.41 Å².